The summed E-state index contributed by atoms with van der Waals surface area (Å²) in [6.45, 7) is 1.81. The molecule has 3 N–H and O–H groups in total. The predicted molar refractivity (Wildman–Crippen MR) is 102 cm³/mol. The lowest BCUT2D eigenvalue weighted by molar-refractivity contribution is -0.133. The van der Waals surface area contributed by atoms with Crippen molar-refractivity contribution in [2.24, 2.45) is 0 Å². The number of carbonyl (C=O) groups is 2. The summed E-state index contributed by atoms with van der Waals surface area (Å²) in [7, 11) is 0. The fourth-order valence-electron chi connectivity index (χ4n) is 2.30. The van der Waals surface area contributed by atoms with Gasteiger partial charge in [0.2, 0.25) is 0 Å². The molecule has 2 aromatic carbocycles. The summed E-state index contributed by atoms with van der Waals surface area (Å²) in [5.74, 6) is -1.18. The van der Waals surface area contributed by atoms with Crippen LogP contribution in [0.3, 0.4) is 0 Å². The minimum Gasteiger partial charge on any atom is -0.356 e. The van der Waals surface area contributed by atoms with E-state index in [1.165, 1.54) is 0 Å². The quantitative estimate of drug-likeness (QED) is 0.629. The molecule has 0 unspecified atom stereocenters. The number of pyridine rings is 1. The van der Waals surface area contributed by atoms with Gasteiger partial charge in [0.15, 0.2) is 0 Å². The Morgan fingerprint density at radius 3 is 2.00 bits per heavy atom. The Bertz CT molecular complexity index is 909. The third kappa shape index (κ3) is 4.67. The number of para-hydroxylation sites is 1. The summed E-state index contributed by atoms with van der Waals surface area (Å²) in [5, 5.41) is 8.28. The Morgan fingerprint density at radius 2 is 1.31 bits per heavy atom. The van der Waals surface area contributed by atoms with Crippen molar-refractivity contribution in [2.45, 2.75) is 6.92 Å². The van der Waals surface area contributed by atoms with Gasteiger partial charge in [0, 0.05) is 22.8 Å². The molecular weight excluding hydrogens is 328 g/mol. The molecule has 6 nitrogen and oxygen atoms in total. The molecule has 1 aromatic heterocycles. The third-order valence-electron chi connectivity index (χ3n) is 3.54. The Labute approximate surface area is 151 Å². The predicted octanol–water partition coefficient (Wildman–Crippen LogP) is 3.71. The van der Waals surface area contributed by atoms with Crippen LogP contribution in [0.25, 0.3) is 0 Å². The van der Waals surface area contributed by atoms with E-state index in [0.29, 0.717) is 11.5 Å². The van der Waals surface area contributed by atoms with Gasteiger partial charge in [0.25, 0.3) is 0 Å². The first-order chi connectivity index (χ1) is 12.6. The van der Waals surface area contributed by atoms with Crippen LogP contribution in [0, 0.1) is 6.92 Å². The highest BCUT2D eigenvalue weighted by Gasteiger charge is 2.14. The number of benzene rings is 2. The number of carbonyl (C=O) groups excluding carboxylic acids is 2. The van der Waals surface area contributed by atoms with Gasteiger partial charge >= 0.3 is 11.8 Å². The van der Waals surface area contributed by atoms with Gasteiger partial charge in [-0.25, -0.2) is 4.98 Å². The van der Waals surface area contributed by atoms with Crippen LogP contribution in [0.2, 0.25) is 0 Å². The standard InChI is InChI=1S/C20H18N4O2/c1-14-6-5-9-18(21-14)24-20(26)19(25)23-17-12-10-16(11-13-17)22-15-7-3-2-4-8-15/h2-13,22H,1H3,(H,23,25)(H,21,24,26). The van der Waals surface area contributed by atoms with Crippen molar-refractivity contribution in [1.82, 2.24) is 4.98 Å². The Kier molecular flexibility index (Phi) is 5.24. The molecule has 0 saturated heterocycles. The molecule has 0 radical (unpaired) electrons. The lowest BCUT2D eigenvalue weighted by atomic mass is 10.2. The molecular formula is C20H18N4O2. The number of aryl methyl sites for hydroxylation is 1. The smallest absolute Gasteiger partial charge is 0.315 e. The van der Waals surface area contributed by atoms with Crippen molar-refractivity contribution in [3.8, 4) is 0 Å². The SMILES string of the molecule is Cc1cccc(NC(=O)C(=O)Nc2ccc(Nc3ccccc3)cc2)n1. The van der Waals surface area contributed by atoms with E-state index >= 15 is 0 Å². The zero-order valence-corrected chi connectivity index (χ0v) is 14.2. The molecule has 0 aliphatic heterocycles. The first-order valence-electron chi connectivity index (χ1n) is 8.08. The molecule has 2 amide bonds. The summed E-state index contributed by atoms with van der Waals surface area (Å²) >= 11 is 0. The number of nitrogens with zero attached hydrogens (tertiary/aromatic N) is 1. The van der Waals surface area contributed by atoms with E-state index in [2.05, 4.69) is 20.9 Å². The van der Waals surface area contributed by atoms with Crippen LogP contribution in [0.15, 0.2) is 72.8 Å². The first kappa shape index (κ1) is 17.2. The highest BCUT2D eigenvalue weighted by molar-refractivity contribution is 6.43. The summed E-state index contributed by atoms with van der Waals surface area (Å²) in [6.07, 6.45) is 0. The molecule has 0 spiro atoms. The molecule has 1 heterocycles. The molecule has 3 aromatic rings. The van der Waals surface area contributed by atoms with Gasteiger partial charge < -0.3 is 16.0 Å². The van der Waals surface area contributed by atoms with E-state index in [0.717, 1.165) is 17.1 Å². The molecule has 26 heavy (non-hydrogen) atoms. The second kappa shape index (κ2) is 7.94. The second-order valence-corrected chi connectivity index (χ2v) is 5.64. The van der Waals surface area contributed by atoms with Crippen LogP contribution in [0.1, 0.15) is 5.69 Å². The summed E-state index contributed by atoms with van der Waals surface area (Å²) in [6, 6.07) is 22.0. The van der Waals surface area contributed by atoms with Gasteiger partial charge in [0.1, 0.15) is 5.82 Å². The number of hydrogen-bond donors (Lipinski definition) is 3. The normalized spacial score (nSPS) is 10.0. The van der Waals surface area contributed by atoms with Crippen LogP contribution in [-0.2, 0) is 9.59 Å². The number of amides is 2. The summed E-state index contributed by atoms with van der Waals surface area (Å²) < 4.78 is 0. The average Bonchev–Trinajstić information content (AvgIpc) is 2.64. The van der Waals surface area contributed by atoms with Crippen LogP contribution >= 0.6 is 0 Å². The lowest BCUT2D eigenvalue weighted by Crippen LogP contribution is -2.29. The first-order valence-corrected chi connectivity index (χ1v) is 8.08. The van der Waals surface area contributed by atoms with Gasteiger partial charge in [-0.05, 0) is 55.5 Å². The lowest BCUT2D eigenvalue weighted by Gasteiger charge is -2.09. The molecule has 0 bridgehead atoms. The maximum Gasteiger partial charge on any atom is 0.315 e. The summed E-state index contributed by atoms with van der Waals surface area (Å²) in [5.41, 5.74) is 3.13. The fraction of sp³-hybridized carbons (Fsp3) is 0.0500. The molecule has 0 aliphatic carbocycles. The third-order valence-corrected chi connectivity index (χ3v) is 3.54. The number of hydrogen-bond acceptors (Lipinski definition) is 4. The highest BCUT2D eigenvalue weighted by atomic mass is 16.2. The van der Waals surface area contributed by atoms with E-state index in [1.54, 1.807) is 37.3 Å². The maximum atomic E-state index is 12.0. The van der Waals surface area contributed by atoms with E-state index in [4.69, 9.17) is 0 Å². The van der Waals surface area contributed by atoms with Crippen molar-refractivity contribution >= 4 is 34.7 Å². The maximum absolute atomic E-state index is 12.0. The number of anilines is 4. The minimum absolute atomic E-state index is 0.340. The fourth-order valence-corrected chi connectivity index (χ4v) is 2.30. The van der Waals surface area contributed by atoms with Gasteiger partial charge in [-0.2, -0.15) is 0 Å². The molecule has 6 heteroatoms. The zero-order valence-electron chi connectivity index (χ0n) is 14.2. The van der Waals surface area contributed by atoms with E-state index in [1.807, 2.05) is 42.5 Å². The van der Waals surface area contributed by atoms with Crippen molar-refractivity contribution in [3.63, 3.8) is 0 Å². The molecule has 0 atom stereocenters. The molecule has 0 aliphatic rings. The van der Waals surface area contributed by atoms with Gasteiger partial charge in [0.05, 0.1) is 0 Å². The Morgan fingerprint density at radius 1 is 0.692 bits per heavy atom. The van der Waals surface area contributed by atoms with Crippen molar-refractivity contribution in [2.75, 3.05) is 16.0 Å². The van der Waals surface area contributed by atoms with Gasteiger partial charge in [-0.15, -0.1) is 0 Å². The Hall–Kier alpha value is -3.67. The Balaban J connectivity index is 1.58. The second-order valence-electron chi connectivity index (χ2n) is 5.64. The minimum atomic E-state index is -0.769. The number of rotatable bonds is 4. The highest BCUT2D eigenvalue weighted by Crippen LogP contribution is 2.18. The molecule has 0 saturated carbocycles. The van der Waals surface area contributed by atoms with Crippen LogP contribution in [-0.4, -0.2) is 16.8 Å². The molecule has 130 valence electrons. The molecule has 0 fully saturated rings. The summed E-state index contributed by atoms with van der Waals surface area (Å²) in [4.78, 5) is 28.1. The zero-order chi connectivity index (χ0) is 18.4. The van der Waals surface area contributed by atoms with E-state index in [-0.39, 0.29) is 0 Å². The van der Waals surface area contributed by atoms with E-state index in [9.17, 15) is 9.59 Å². The van der Waals surface area contributed by atoms with Crippen LogP contribution < -0.4 is 16.0 Å². The van der Waals surface area contributed by atoms with Crippen molar-refractivity contribution < 1.29 is 9.59 Å². The van der Waals surface area contributed by atoms with Gasteiger partial charge in [-0.3, -0.25) is 9.59 Å². The average molecular weight is 346 g/mol. The van der Waals surface area contributed by atoms with E-state index < -0.39 is 11.8 Å². The van der Waals surface area contributed by atoms with Gasteiger partial charge in [-0.1, -0.05) is 24.3 Å². The van der Waals surface area contributed by atoms with Crippen LogP contribution in [0.5, 0.6) is 0 Å². The molecule has 3 rings (SSSR count). The van der Waals surface area contributed by atoms with Crippen molar-refractivity contribution in [1.29, 1.82) is 0 Å². The topological polar surface area (TPSA) is 83.1 Å². The van der Waals surface area contributed by atoms with Crippen LogP contribution in [0.4, 0.5) is 22.9 Å². The largest absolute Gasteiger partial charge is 0.356 e. The number of nitrogens with one attached hydrogen (secondary N) is 3. The number of aromatic nitrogens is 1. The monoisotopic (exact) mass is 346 g/mol. The van der Waals surface area contributed by atoms with Crippen molar-refractivity contribution in [3.05, 3.63) is 78.5 Å².